The van der Waals surface area contributed by atoms with Gasteiger partial charge in [-0.3, -0.25) is 14.5 Å². The number of hydrogen-bond donors (Lipinski definition) is 2. The zero-order valence-corrected chi connectivity index (χ0v) is 21.6. The summed E-state index contributed by atoms with van der Waals surface area (Å²) >= 11 is 6.34. The van der Waals surface area contributed by atoms with Crippen LogP contribution in [0, 0.1) is 6.92 Å². The molecule has 3 aromatic carbocycles. The Hall–Kier alpha value is -3.77. The molecule has 3 aromatic rings. The largest absolute Gasteiger partial charge is 0.508 e. The molecule has 0 spiro atoms. The fraction of sp³-hybridized carbons (Fsp3) is 0.241. The maximum absolute atomic E-state index is 13.4. The van der Waals surface area contributed by atoms with E-state index in [1.807, 2.05) is 25.1 Å². The van der Waals surface area contributed by atoms with Gasteiger partial charge in [-0.15, -0.1) is 0 Å². The smallest absolute Gasteiger partial charge is 0.300 e. The lowest BCUT2D eigenvalue weighted by Gasteiger charge is -2.26. The van der Waals surface area contributed by atoms with Gasteiger partial charge in [-0.05, 0) is 65.4 Å². The molecule has 0 radical (unpaired) electrons. The zero-order valence-electron chi connectivity index (χ0n) is 20.8. The van der Waals surface area contributed by atoms with Crippen molar-refractivity contribution in [2.45, 2.75) is 39.2 Å². The second kappa shape index (κ2) is 9.36. The zero-order chi connectivity index (χ0) is 26.4. The van der Waals surface area contributed by atoms with Crippen LogP contribution in [0.4, 0.5) is 5.69 Å². The van der Waals surface area contributed by atoms with E-state index < -0.39 is 17.7 Å². The highest BCUT2D eigenvalue weighted by molar-refractivity contribution is 6.52. The number of phenolic OH excluding ortho intramolecular Hbond substituents is 1. The van der Waals surface area contributed by atoms with Crippen LogP contribution >= 0.6 is 11.6 Å². The molecular formula is C29H28ClNO5. The SMILES string of the molecule is COc1ccc(N2C(=O)C(=O)/C(=C(/O)c3cc(C(C)(C)C)ccc3C)C2c2ccc(O)cc2)cc1Cl. The van der Waals surface area contributed by atoms with Crippen molar-refractivity contribution >= 4 is 34.7 Å². The maximum Gasteiger partial charge on any atom is 0.300 e. The number of ketones is 1. The van der Waals surface area contributed by atoms with E-state index >= 15 is 0 Å². The number of rotatable bonds is 4. The standard InChI is InChI=1S/C29H28ClNO5/c1-16-6-9-18(29(2,3)4)14-21(16)26(33)24-25(17-7-11-20(32)12-8-17)31(28(35)27(24)34)19-10-13-23(36-5)22(30)15-19/h6-15,25,32-33H,1-5H3/b26-24+. The van der Waals surface area contributed by atoms with Gasteiger partial charge in [0.05, 0.1) is 23.7 Å². The number of nitrogens with zero attached hydrogens (tertiary/aromatic N) is 1. The molecule has 1 amide bonds. The van der Waals surface area contributed by atoms with Crippen molar-refractivity contribution < 1.29 is 24.5 Å². The van der Waals surface area contributed by atoms with Crippen LogP contribution in [0.1, 0.15) is 49.1 Å². The fourth-order valence-electron chi connectivity index (χ4n) is 4.36. The predicted molar refractivity (Wildman–Crippen MR) is 141 cm³/mol. The van der Waals surface area contributed by atoms with Crippen LogP contribution in [0.25, 0.3) is 5.76 Å². The number of carbonyl (C=O) groups excluding carboxylic acids is 2. The number of anilines is 1. The third-order valence-corrected chi connectivity index (χ3v) is 6.72. The molecule has 36 heavy (non-hydrogen) atoms. The minimum absolute atomic E-state index is 0.0354. The van der Waals surface area contributed by atoms with Crippen molar-refractivity contribution in [3.8, 4) is 11.5 Å². The number of aryl methyl sites for hydroxylation is 1. The van der Waals surface area contributed by atoms with Gasteiger partial charge in [0.1, 0.15) is 17.3 Å². The number of methoxy groups -OCH3 is 1. The molecule has 6 nitrogen and oxygen atoms in total. The summed E-state index contributed by atoms with van der Waals surface area (Å²) in [5.41, 5.74) is 2.93. The second-order valence-electron chi connectivity index (χ2n) is 9.86. The first-order valence-corrected chi connectivity index (χ1v) is 11.9. The summed E-state index contributed by atoms with van der Waals surface area (Å²) in [5, 5.41) is 21.7. The third-order valence-electron chi connectivity index (χ3n) is 6.43. The van der Waals surface area contributed by atoms with Crippen molar-refractivity contribution in [2.24, 2.45) is 0 Å². The van der Waals surface area contributed by atoms with E-state index in [0.29, 0.717) is 22.6 Å². The number of aliphatic hydroxyl groups is 1. The number of carbonyl (C=O) groups is 2. The van der Waals surface area contributed by atoms with Crippen LogP contribution < -0.4 is 9.64 Å². The number of ether oxygens (including phenoxy) is 1. The molecule has 0 bridgehead atoms. The van der Waals surface area contributed by atoms with E-state index in [0.717, 1.165) is 11.1 Å². The summed E-state index contributed by atoms with van der Waals surface area (Å²) in [4.78, 5) is 28.1. The lowest BCUT2D eigenvalue weighted by Crippen LogP contribution is -2.29. The summed E-state index contributed by atoms with van der Waals surface area (Å²) in [6.45, 7) is 8.02. The Bertz CT molecular complexity index is 1390. The molecule has 2 N–H and O–H groups in total. The summed E-state index contributed by atoms with van der Waals surface area (Å²) in [5.74, 6) is -1.39. The fourth-order valence-corrected chi connectivity index (χ4v) is 4.62. The normalized spacial score (nSPS) is 17.5. The van der Waals surface area contributed by atoms with Gasteiger partial charge in [-0.2, -0.15) is 0 Å². The molecule has 1 aliphatic rings. The van der Waals surface area contributed by atoms with Gasteiger partial charge in [-0.25, -0.2) is 0 Å². The van der Waals surface area contributed by atoms with Gasteiger partial charge in [0.25, 0.3) is 11.7 Å². The predicted octanol–water partition coefficient (Wildman–Crippen LogP) is 6.29. The Labute approximate surface area is 215 Å². The van der Waals surface area contributed by atoms with Gasteiger partial charge >= 0.3 is 0 Å². The highest BCUT2D eigenvalue weighted by Gasteiger charge is 2.47. The number of hydrogen-bond acceptors (Lipinski definition) is 5. The third kappa shape index (κ3) is 4.44. The van der Waals surface area contributed by atoms with Crippen LogP contribution in [0.2, 0.25) is 5.02 Å². The summed E-state index contributed by atoms with van der Waals surface area (Å²) in [6.07, 6.45) is 0. The average Bonchev–Trinajstić information content (AvgIpc) is 3.09. The van der Waals surface area contributed by atoms with E-state index in [1.165, 1.54) is 24.1 Å². The van der Waals surface area contributed by atoms with Crippen molar-refractivity contribution in [1.82, 2.24) is 0 Å². The van der Waals surface area contributed by atoms with E-state index in [2.05, 4.69) is 20.8 Å². The molecule has 1 aliphatic heterocycles. The minimum atomic E-state index is -0.937. The molecule has 1 unspecified atom stereocenters. The molecule has 1 heterocycles. The van der Waals surface area contributed by atoms with Crippen LogP contribution in [0.15, 0.2) is 66.2 Å². The first-order valence-electron chi connectivity index (χ1n) is 11.5. The van der Waals surface area contributed by atoms with E-state index in [9.17, 15) is 19.8 Å². The Balaban J connectivity index is 1.97. The minimum Gasteiger partial charge on any atom is -0.508 e. The van der Waals surface area contributed by atoms with Crippen LogP contribution in [0.3, 0.4) is 0 Å². The molecule has 1 fully saturated rings. The number of halogens is 1. The van der Waals surface area contributed by atoms with Gasteiger partial charge in [0.2, 0.25) is 0 Å². The molecule has 4 rings (SSSR count). The highest BCUT2D eigenvalue weighted by Crippen LogP contribution is 2.44. The number of amides is 1. The van der Waals surface area contributed by atoms with Crippen molar-refractivity contribution in [3.63, 3.8) is 0 Å². The lowest BCUT2D eigenvalue weighted by molar-refractivity contribution is -0.132. The van der Waals surface area contributed by atoms with Gasteiger partial charge < -0.3 is 14.9 Å². The maximum atomic E-state index is 13.4. The Morgan fingerprint density at radius 1 is 1.00 bits per heavy atom. The molecule has 0 saturated carbocycles. The topological polar surface area (TPSA) is 87.1 Å². The number of phenols is 1. The van der Waals surface area contributed by atoms with Gasteiger partial charge in [-0.1, -0.05) is 56.6 Å². The second-order valence-corrected chi connectivity index (χ2v) is 10.3. The quantitative estimate of drug-likeness (QED) is 0.247. The highest BCUT2D eigenvalue weighted by atomic mass is 35.5. The number of aliphatic hydroxyl groups excluding tert-OH is 1. The lowest BCUT2D eigenvalue weighted by atomic mass is 9.84. The Kier molecular flexibility index (Phi) is 6.58. The van der Waals surface area contributed by atoms with Crippen LogP contribution in [0.5, 0.6) is 11.5 Å². The Morgan fingerprint density at radius 3 is 2.25 bits per heavy atom. The molecule has 7 heteroatoms. The van der Waals surface area contributed by atoms with Crippen LogP contribution in [-0.4, -0.2) is 29.0 Å². The summed E-state index contributed by atoms with van der Waals surface area (Å²) in [6, 6.07) is 15.8. The number of Topliss-reactive ketones (excluding diaryl/α,β-unsaturated/α-hetero) is 1. The van der Waals surface area contributed by atoms with E-state index in [1.54, 1.807) is 30.3 Å². The first-order chi connectivity index (χ1) is 16.9. The van der Waals surface area contributed by atoms with Gasteiger partial charge in [0.15, 0.2) is 0 Å². The molecule has 1 saturated heterocycles. The van der Waals surface area contributed by atoms with Crippen molar-refractivity contribution in [3.05, 3.63) is 93.5 Å². The first kappa shape index (κ1) is 25.3. The van der Waals surface area contributed by atoms with Crippen molar-refractivity contribution in [2.75, 3.05) is 12.0 Å². The molecular weight excluding hydrogens is 478 g/mol. The van der Waals surface area contributed by atoms with Crippen molar-refractivity contribution in [1.29, 1.82) is 0 Å². The number of aromatic hydroxyl groups is 1. The Morgan fingerprint density at radius 2 is 1.67 bits per heavy atom. The number of benzene rings is 3. The average molecular weight is 506 g/mol. The van der Waals surface area contributed by atoms with Gasteiger partial charge in [0, 0.05) is 11.3 Å². The monoisotopic (exact) mass is 505 g/mol. The van der Waals surface area contributed by atoms with Crippen LogP contribution in [-0.2, 0) is 15.0 Å². The molecule has 1 atom stereocenters. The summed E-state index contributed by atoms with van der Waals surface area (Å²) in [7, 11) is 1.48. The molecule has 0 aromatic heterocycles. The van der Waals surface area contributed by atoms with E-state index in [-0.39, 0.29) is 27.5 Å². The molecule has 186 valence electrons. The summed E-state index contributed by atoms with van der Waals surface area (Å²) < 4.78 is 5.22. The van der Waals surface area contributed by atoms with E-state index in [4.69, 9.17) is 16.3 Å². The molecule has 0 aliphatic carbocycles.